The van der Waals surface area contributed by atoms with E-state index in [9.17, 15) is 0 Å². The Bertz CT molecular complexity index is 142. The number of rotatable bonds is 5. The molecule has 1 atom stereocenters. The van der Waals surface area contributed by atoms with Crippen molar-refractivity contribution in [1.29, 1.82) is 5.26 Å². The maximum absolute atomic E-state index is 8.90. The van der Waals surface area contributed by atoms with E-state index < -0.39 is 0 Å². The molecule has 1 N–H and O–H groups in total. The second-order valence-corrected chi connectivity index (χ2v) is 3.50. The molecular weight excluding hydrogens is 148 g/mol. The van der Waals surface area contributed by atoms with Crippen LogP contribution in [0, 0.1) is 17.2 Å². The van der Waals surface area contributed by atoms with Gasteiger partial charge in [-0.1, -0.05) is 26.7 Å². The van der Waals surface area contributed by atoms with Gasteiger partial charge in [-0.2, -0.15) is 5.26 Å². The Kier molecular flexibility index (Phi) is 5.74. The minimum atomic E-state index is 0.0278. The SMILES string of the molecule is CCC(CC)[C@@H](C#N)NC(C)C. The third kappa shape index (κ3) is 3.73. The molecule has 0 aromatic heterocycles. The lowest BCUT2D eigenvalue weighted by molar-refractivity contribution is 0.368. The Morgan fingerprint density at radius 1 is 1.25 bits per heavy atom. The van der Waals surface area contributed by atoms with Gasteiger partial charge in [-0.25, -0.2) is 0 Å². The molecule has 0 rings (SSSR count). The zero-order chi connectivity index (χ0) is 9.56. The van der Waals surface area contributed by atoms with Crippen molar-refractivity contribution in [3.05, 3.63) is 0 Å². The molecule has 0 heterocycles. The number of hydrogen-bond donors (Lipinski definition) is 1. The number of hydrogen-bond acceptors (Lipinski definition) is 2. The van der Waals surface area contributed by atoms with Gasteiger partial charge >= 0.3 is 0 Å². The van der Waals surface area contributed by atoms with E-state index in [1.807, 2.05) is 0 Å². The summed E-state index contributed by atoms with van der Waals surface area (Å²) in [7, 11) is 0. The van der Waals surface area contributed by atoms with Gasteiger partial charge in [-0.15, -0.1) is 0 Å². The molecule has 0 bridgehead atoms. The van der Waals surface area contributed by atoms with E-state index >= 15 is 0 Å². The fourth-order valence-electron chi connectivity index (χ4n) is 1.40. The van der Waals surface area contributed by atoms with Crippen LogP contribution in [0.1, 0.15) is 40.5 Å². The first-order valence-corrected chi connectivity index (χ1v) is 4.81. The van der Waals surface area contributed by atoms with Crippen molar-refractivity contribution in [3.63, 3.8) is 0 Å². The topological polar surface area (TPSA) is 35.8 Å². The van der Waals surface area contributed by atoms with Crippen molar-refractivity contribution in [2.24, 2.45) is 5.92 Å². The standard InChI is InChI=1S/C10H20N2/c1-5-9(6-2)10(7-11)12-8(3)4/h8-10,12H,5-6H2,1-4H3/t10-/m1/s1. The van der Waals surface area contributed by atoms with Gasteiger partial charge < -0.3 is 0 Å². The molecular formula is C10H20N2. The summed E-state index contributed by atoms with van der Waals surface area (Å²) in [5, 5.41) is 12.2. The molecule has 2 heteroatoms. The third-order valence-electron chi connectivity index (χ3n) is 2.17. The molecule has 0 saturated heterocycles. The third-order valence-corrected chi connectivity index (χ3v) is 2.17. The van der Waals surface area contributed by atoms with E-state index in [4.69, 9.17) is 5.26 Å². The fraction of sp³-hybridized carbons (Fsp3) is 0.900. The lowest BCUT2D eigenvalue weighted by atomic mass is 9.95. The van der Waals surface area contributed by atoms with Crippen LogP contribution in [-0.4, -0.2) is 12.1 Å². The molecule has 0 saturated carbocycles. The predicted octanol–water partition coefficient (Wildman–Crippen LogP) is 2.31. The Balaban J connectivity index is 4.04. The Labute approximate surface area is 76.0 Å². The summed E-state index contributed by atoms with van der Waals surface area (Å²) in [6, 6.07) is 2.75. The minimum absolute atomic E-state index is 0.0278. The molecule has 0 aliphatic rings. The molecule has 0 aromatic carbocycles. The first-order chi connectivity index (χ1) is 5.65. The molecule has 0 unspecified atom stereocenters. The zero-order valence-electron chi connectivity index (χ0n) is 8.59. The van der Waals surface area contributed by atoms with Gasteiger partial charge in [0.2, 0.25) is 0 Å². The van der Waals surface area contributed by atoms with Crippen molar-refractivity contribution < 1.29 is 0 Å². The monoisotopic (exact) mass is 168 g/mol. The summed E-state index contributed by atoms with van der Waals surface area (Å²) in [6.07, 6.45) is 2.16. The average Bonchev–Trinajstić information content (AvgIpc) is 2.04. The first-order valence-electron chi connectivity index (χ1n) is 4.81. The van der Waals surface area contributed by atoms with E-state index in [1.165, 1.54) is 0 Å². The van der Waals surface area contributed by atoms with E-state index in [1.54, 1.807) is 0 Å². The highest BCUT2D eigenvalue weighted by molar-refractivity contribution is 4.94. The lowest BCUT2D eigenvalue weighted by Gasteiger charge is -2.22. The molecule has 0 fully saturated rings. The largest absolute Gasteiger partial charge is 0.299 e. The van der Waals surface area contributed by atoms with Gasteiger partial charge in [0.25, 0.3) is 0 Å². The Morgan fingerprint density at radius 3 is 2.00 bits per heavy atom. The zero-order valence-corrected chi connectivity index (χ0v) is 8.59. The van der Waals surface area contributed by atoms with Crippen LogP contribution < -0.4 is 5.32 Å². The summed E-state index contributed by atoms with van der Waals surface area (Å²) in [5.41, 5.74) is 0. The lowest BCUT2D eigenvalue weighted by Crippen LogP contribution is -2.38. The van der Waals surface area contributed by atoms with Crippen LogP contribution in [-0.2, 0) is 0 Å². The maximum Gasteiger partial charge on any atom is 0.0983 e. The molecule has 12 heavy (non-hydrogen) atoms. The van der Waals surface area contributed by atoms with Crippen LogP contribution in [0.4, 0.5) is 0 Å². The van der Waals surface area contributed by atoms with Crippen LogP contribution in [0.15, 0.2) is 0 Å². The number of nitrogens with zero attached hydrogens (tertiary/aromatic N) is 1. The van der Waals surface area contributed by atoms with Crippen LogP contribution in [0.2, 0.25) is 0 Å². The summed E-state index contributed by atoms with van der Waals surface area (Å²) >= 11 is 0. The number of nitriles is 1. The van der Waals surface area contributed by atoms with E-state index in [2.05, 4.69) is 39.1 Å². The van der Waals surface area contributed by atoms with Crippen LogP contribution >= 0.6 is 0 Å². The second-order valence-electron chi connectivity index (χ2n) is 3.50. The van der Waals surface area contributed by atoms with E-state index in [0.717, 1.165) is 12.8 Å². The van der Waals surface area contributed by atoms with E-state index in [0.29, 0.717) is 12.0 Å². The van der Waals surface area contributed by atoms with Gasteiger partial charge in [-0.3, -0.25) is 5.32 Å². The minimum Gasteiger partial charge on any atom is -0.299 e. The van der Waals surface area contributed by atoms with Gasteiger partial charge in [0.1, 0.15) is 0 Å². The molecule has 0 aliphatic heterocycles. The highest BCUT2D eigenvalue weighted by Gasteiger charge is 2.17. The Morgan fingerprint density at radius 2 is 1.75 bits per heavy atom. The van der Waals surface area contributed by atoms with Crippen molar-refractivity contribution >= 4 is 0 Å². The number of nitrogens with one attached hydrogen (secondary N) is 1. The van der Waals surface area contributed by atoms with Crippen molar-refractivity contribution in [1.82, 2.24) is 5.32 Å². The molecule has 70 valence electrons. The maximum atomic E-state index is 8.90. The summed E-state index contributed by atoms with van der Waals surface area (Å²) in [6.45, 7) is 8.43. The molecule has 0 spiro atoms. The molecule has 0 amide bonds. The summed E-state index contributed by atoms with van der Waals surface area (Å²) < 4.78 is 0. The highest BCUT2D eigenvalue weighted by Crippen LogP contribution is 2.12. The normalized spacial score (nSPS) is 13.4. The van der Waals surface area contributed by atoms with Crippen LogP contribution in [0.3, 0.4) is 0 Å². The second kappa shape index (κ2) is 6.02. The fourth-order valence-corrected chi connectivity index (χ4v) is 1.40. The van der Waals surface area contributed by atoms with E-state index in [-0.39, 0.29) is 6.04 Å². The van der Waals surface area contributed by atoms with Crippen LogP contribution in [0.5, 0.6) is 0 Å². The smallest absolute Gasteiger partial charge is 0.0983 e. The van der Waals surface area contributed by atoms with Gasteiger partial charge in [0, 0.05) is 6.04 Å². The summed E-state index contributed by atoms with van der Waals surface area (Å²) in [5.74, 6) is 0.498. The van der Waals surface area contributed by atoms with Gasteiger partial charge in [-0.05, 0) is 19.8 Å². The summed E-state index contributed by atoms with van der Waals surface area (Å²) in [4.78, 5) is 0. The van der Waals surface area contributed by atoms with Gasteiger partial charge in [0.05, 0.1) is 12.1 Å². The highest BCUT2D eigenvalue weighted by atomic mass is 14.9. The van der Waals surface area contributed by atoms with Crippen molar-refractivity contribution in [2.45, 2.75) is 52.6 Å². The first kappa shape index (κ1) is 11.4. The van der Waals surface area contributed by atoms with Crippen LogP contribution in [0.25, 0.3) is 0 Å². The quantitative estimate of drug-likeness (QED) is 0.683. The van der Waals surface area contributed by atoms with Gasteiger partial charge in [0.15, 0.2) is 0 Å². The predicted molar refractivity (Wildman–Crippen MR) is 51.7 cm³/mol. The molecule has 0 aliphatic carbocycles. The van der Waals surface area contributed by atoms with Crippen molar-refractivity contribution in [2.75, 3.05) is 0 Å². The van der Waals surface area contributed by atoms with Crippen molar-refractivity contribution in [3.8, 4) is 6.07 Å². The Hall–Kier alpha value is -0.550. The molecule has 2 nitrogen and oxygen atoms in total. The molecule has 0 radical (unpaired) electrons. The average molecular weight is 168 g/mol. The molecule has 0 aromatic rings.